The highest BCUT2D eigenvalue weighted by atomic mass is 35.5. The van der Waals surface area contributed by atoms with Gasteiger partial charge in [-0.1, -0.05) is 23.7 Å². The zero-order chi connectivity index (χ0) is 17.8. The molecular formula is C19H20ClN3O2. The minimum Gasteiger partial charge on any atom is -0.478 e. The Morgan fingerprint density at radius 2 is 2.08 bits per heavy atom. The third kappa shape index (κ3) is 4.00. The van der Waals surface area contributed by atoms with Crippen molar-refractivity contribution in [2.24, 2.45) is 0 Å². The number of aliphatic hydroxyl groups is 1. The smallest absolute Gasteiger partial charge is 0.221 e. The number of hydrogen-bond acceptors (Lipinski definition) is 4. The van der Waals surface area contributed by atoms with Crippen LogP contribution < -0.4 is 4.74 Å². The molecule has 0 saturated carbocycles. The molecule has 1 aromatic carbocycles. The van der Waals surface area contributed by atoms with E-state index in [9.17, 15) is 5.11 Å². The number of rotatable bonds is 6. The van der Waals surface area contributed by atoms with Crippen LogP contribution in [0.3, 0.4) is 0 Å². The number of halogens is 1. The second-order valence-corrected chi connectivity index (χ2v) is 6.17. The maximum absolute atomic E-state index is 9.24. The van der Waals surface area contributed by atoms with Gasteiger partial charge in [-0.2, -0.15) is 5.10 Å². The molecule has 25 heavy (non-hydrogen) atoms. The van der Waals surface area contributed by atoms with Crippen LogP contribution in [0.5, 0.6) is 5.88 Å². The Bertz CT molecular complexity index is 877. The first-order valence-electron chi connectivity index (χ1n) is 8.12. The van der Waals surface area contributed by atoms with Crippen molar-refractivity contribution in [1.29, 1.82) is 0 Å². The summed E-state index contributed by atoms with van der Waals surface area (Å²) in [6, 6.07) is 11.5. The highest BCUT2D eigenvalue weighted by molar-refractivity contribution is 6.30. The van der Waals surface area contributed by atoms with E-state index in [1.54, 1.807) is 6.20 Å². The topological polar surface area (TPSA) is 60.2 Å². The fourth-order valence-electron chi connectivity index (χ4n) is 2.69. The Morgan fingerprint density at radius 3 is 2.76 bits per heavy atom. The Balaban J connectivity index is 1.98. The molecule has 2 aromatic heterocycles. The van der Waals surface area contributed by atoms with Crippen molar-refractivity contribution in [2.75, 3.05) is 6.61 Å². The van der Waals surface area contributed by atoms with E-state index in [1.807, 2.05) is 54.9 Å². The van der Waals surface area contributed by atoms with E-state index in [4.69, 9.17) is 16.3 Å². The van der Waals surface area contributed by atoms with Gasteiger partial charge in [0.05, 0.1) is 25.5 Å². The summed E-state index contributed by atoms with van der Waals surface area (Å²) in [7, 11) is 0. The first kappa shape index (κ1) is 17.5. The van der Waals surface area contributed by atoms with Gasteiger partial charge >= 0.3 is 0 Å². The lowest BCUT2D eigenvalue weighted by Gasteiger charge is -2.12. The largest absolute Gasteiger partial charge is 0.478 e. The van der Waals surface area contributed by atoms with Crippen LogP contribution in [0.4, 0.5) is 0 Å². The molecule has 0 atom stereocenters. The summed E-state index contributed by atoms with van der Waals surface area (Å²) in [6.45, 7) is 4.94. The van der Waals surface area contributed by atoms with Crippen LogP contribution in [0, 0.1) is 6.92 Å². The quantitative estimate of drug-likeness (QED) is 0.728. The van der Waals surface area contributed by atoms with Gasteiger partial charge in [0.1, 0.15) is 0 Å². The minimum atomic E-state index is -0.0663. The van der Waals surface area contributed by atoms with Crippen LogP contribution in [0.1, 0.15) is 23.9 Å². The summed E-state index contributed by atoms with van der Waals surface area (Å²) in [5, 5.41) is 14.3. The van der Waals surface area contributed by atoms with Gasteiger partial charge in [-0.05, 0) is 49.2 Å². The van der Waals surface area contributed by atoms with Crippen molar-refractivity contribution in [3.05, 3.63) is 64.6 Å². The van der Waals surface area contributed by atoms with E-state index in [1.165, 1.54) is 0 Å². The van der Waals surface area contributed by atoms with Crippen molar-refractivity contribution in [2.45, 2.75) is 27.0 Å². The van der Waals surface area contributed by atoms with Gasteiger partial charge in [0.15, 0.2) is 0 Å². The number of benzene rings is 1. The highest BCUT2D eigenvalue weighted by Crippen LogP contribution is 2.31. The number of hydrogen-bond donors (Lipinski definition) is 1. The molecule has 1 N–H and O–H groups in total. The van der Waals surface area contributed by atoms with Crippen LogP contribution in [0.15, 0.2) is 42.6 Å². The molecule has 0 bridgehead atoms. The number of aromatic nitrogens is 3. The average Bonchev–Trinajstić information content (AvgIpc) is 2.96. The van der Waals surface area contributed by atoms with E-state index in [-0.39, 0.29) is 6.61 Å². The lowest BCUT2D eigenvalue weighted by molar-refractivity contribution is 0.275. The van der Waals surface area contributed by atoms with Gasteiger partial charge in [0.2, 0.25) is 5.88 Å². The zero-order valence-electron chi connectivity index (χ0n) is 14.2. The molecule has 0 saturated heterocycles. The normalized spacial score (nSPS) is 10.9. The van der Waals surface area contributed by atoms with E-state index in [0.717, 1.165) is 22.4 Å². The molecule has 0 spiro atoms. The van der Waals surface area contributed by atoms with Crippen LogP contribution in [-0.4, -0.2) is 26.5 Å². The third-order valence-electron chi connectivity index (χ3n) is 3.85. The van der Waals surface area contributed by atoms with Gasteiger partial charge in [0, 0.05) is 22.5 Å². The van der Waals surface area contributed by atoms with Crippen molar-refractivity contribution >= 4 is 11.6 Å². The summed E-state index contributed by atoms with van der Waals surface area (Å²) in [5.74, 6) is 0.585. The van der Waals surface area contributed by atoms with Gasteiger partial charge in [-0.3, -0.25) is 4.68 Å². The molecule has 0 unspecified atom stereocenters. The van der Waals surface area contributed by atoms with Crippen LogP contribution in [0.2, 0.25) is 5.02 Å². The monoisotopic (exact) mass is 357 g/mol. The number of aliphatic hydroxyl groups excluding tert-OH is 1. The average molecular weight is 358 g/mol. The third-order valence-corrected chi connectivity index (χ3v) is 4.09. The number of pyridine rings is 1. The molecule has 0 aliphatic carbocycles. The van der Waals surface area contributed by atoms with Gasteiger partial charge in [-0.25, -0.2) is 4.98 Å². The van der Waals surface area contributed by atoms with E-state index >= 15 is 0 Å². The summed E-state index contributed by atoms with van der Waals surface area (Å²) >= 11 is 6.13. The van der Waals surface area contributed by atoms with E-state index in [2.05, 4.69) is 10.1 Å². The van der Waals surface area contributed by atoms with Gasteiger partial charge in [0.25, 0.3) is 0 Å². The highest BCUT2D eigenvalue weighted by Gasteiger charge is 2.11. The molecule has 0 aliphatic rings. The number of nitrogens with zero attached hydrogens (tertiary/aromatic N) is 3. The molecule has 130 valence electrons. The minimum absolute atomic E-state index is 0.0663. The second kappa shape index (κ2) is 7.68. The Morgan fingerprint density at radius 1 is 1.24 bits per heavy atom. The van der Waals surface area contributed by atoms with Crippen LogP contribution in [-0.2, 0) is 13.2 Å². The molecule has 3 rings (SSSR count). The zero-order valence-corrected chi connectivity index (χ0v) is 15.0. The first-order valence-corrected chi connectivity index (χ1v) is 8.50. The molecular weight excluding hydrogens is 338 g/mol. The lowest BCUT2D eigenvalue weighted by Crippen LogP contribution is -2.06. The maximum Gasteiger partial charge on any atom is 0.221 e. The predicted molar refractivity (Wildman–Crippen MR) is 97.8 cm³/mol. The summed E-state index contributed by atoms with van der Waals surface area (Å²) in [4.78, 5) is 4.47. The van der Waals surface area contributed by atoms with Crippen LogP contribution in [0.25, 0.3) is 11.1 Å². The molecule has 3 aromatic rings. The molecule has 0 amide bonds. The molecule has 5 nitrogen and oxygen atoms in total. The summed E-state index contributed by atoms with van der Waals surface area (Å²) < 4.78 is 7.52. The molecule has 6 heteroatoms. The lowest BCUT2D eigenvalue weighted by atomic mass is 10.1. The molecule has 0 radical (unpaired) electrons. The Labute approximate surface area is 151 Å². The molecule has 2 heterocycles. The fraction of sp³-hybridized carbons (Fsp3) is 0.263. The SMILES string of the molecule is CCOc1ncc(Cn2nc(CO)cc2C)cc1-c1cccc(Cl)c1. The van der Waals surface area contributed by atoms with Crippen molar-refractivity contribution in [3.63, 3.8) is 0 Å². The summed E-state index contributed by atoms with van der Waals surface area (Å²) in [5.41, 5.74) is 4.50. The van der Waals surface area contributed by atoms with Crippen molar-refractivity contribution in [1.82, 2.24) is 14.8 Å². The van der Waals surface area contributed by atoms with Gasteiger partial charge in [-0.15, -0.1) is 0 Å². The van der Waals surface area contributed by atoms with E-state index < -0.39 is 0 Å². The molecule has 0 fully saturated rings. The summed E-state index contributed by atoms with van der Waals surface area (Å²) in [6.07, 6.45) is 1.79. The Kier molecular flexibility index (Phi) is 5.36. The van der Waals surface area contributed by atoms with Crippen molar-refractivity contribution < 1.29 is 9.84 Å². The second-order valence-electron chi connectivity index (χ2n) is 5.73. The Hall–Kier alpha value is -2.37. The number of aryl methyl sites for hydroxylation is 1. The standard InChI is InChI=1S/C19H20ClN3O2/c1-3-25-19-18(15-5-4-6-16(20)9-15)8-14(10-21-19)11-23-13(2)7-17(12-24)22-23/h4-10,24H,3,11-12H2,1-2H3. The van der Waals surface area contributed by atoms with Crippen molar-refractivity contribution in [3.8, 4) is 17.0 Å². The molecule has 0 aliphatic heterocycles. The first-order chi connectivity index (χ1) is 12.1. The van der Waals surface area contributed by atoms with Gasteiger partial charge < -0.3 is 9.84 Å². The maximum atomic E-state index is 9.24. The predicted octanol–water partition coefficient (Wildman–Crippen LogP) is 3.85. The fourth-order valence-corrected chi connectivity index (χ4v) is 2.88. The van der Waals surface area contributed by atoms with Crippen LogP contribution >= 0.6 is 11.6 Å². The van der Waals surface area contributed by atoms with E-state index in [0.29, 0.717) is 29.7 Å². The number of ether oxygens (including phenoxy) is 1.